The van der Waals surface area contributed by atoms with Gasteiger partial charge in [0.1, 0.15) is 5.82 Å². The molecule has 0 aromatic heterocycles. The number of nitriles is 1. The summed E-state index contributed by atoms with van der Waals surface area (Å²) in [4.78, 5) is 15.4. The summed E-state index contributed by atoms with van der Waals surface area (Å²) in [6.07, 6.45) is 2.19. The number of primary amides is 1. The maximum atomic E-state index is 13.0. The van der Waals surface area contributed by atoms with Gasteiger partial charge in [0.25, 0.3) is 0 Å². The van der Waals surface area contributed by atoms with Crippen molar-refractivity contribution in [3.8, 4) is 6.07 Å². The fourth-order valence-corrected chi connectivity index (χ4v) is 3.96. The maximum Gasteiger partial charge on any atom is 0.319 e. The number of aliphatic hydroxyl groups excluding tert-OH is 1. The Kier molecular flexibility index (Phi) is 7.39. The van der Waals surface area contributed by atoms with Gasteiger partial charge in [0, 0.05) is 12.2 Å². The van der Waals surface area contributed by atoms with Crippen molar-refractivity contribution in [1.29, 1.82) is 5.26 Å². The molecule has 0 spiro atoms. The molecule has 1 atom stereocenters. The lowest BCUT2D eigenvalue weighted by atomic mass is 9.90. The second kappa shape index (κ2) is 10.2. The van der Waals surface area contributed by atoms with Gasteiger partial charge in [0.05, 0.1) is 24.3 Å². The highest BCUT2D eigenvalue weighted by Crippen LogP contribution is 2.22. The average molecular weight is 410 g/mol. The summed E-state index contributed by atoms with van der Waals surface area (Å²) >= 11 is 0. The normalized spacial score (nSPS) is 16.0. The SMILES string of the molecule is N#Cc1cccc(N(CC(O)CN2CCC(Cc3ccc(F)cc3)CC2)C(N)=O)c1. The number of carbonyl (C=O) groups is 1. The van der Waals surface area contributed by atoms with E-state index in [2.05, 4.69) is 4.90 Å². The number of piperidine rings is 1. The second-order valence-electron chi connectivity index (χ2n) is 7.84. The molecule has 2 amide bonds. The van der Waals surface area contributed by atoms with Crippen LogP contribution in [0, 0.1) is 23.1 Å². The van der Waals surface area contributed by atoms with Crippen molar-refractivity contribution in [1.82, 2.24) is 4.90 Å². The van der Waals surface area contributed by atoms with Gasteiger partial charge in [-0.25, -0.2) is 9.18 Å². The molecule has 1 saturated heterocycles. The van der Waals surface area contributed by atoms with Crippen molar-refractivity contribution in [2.24, 2.45) is 11.7 Å². The molecule has 3 rings (SSSR count). The summed E-state index contributed by atoms with van der Waals surface area (Å²) in [5.74, 6) is 0.326. The summed E-state index contributed by atoms with van der Waals surface area (Å²) < 4.78 is 13.0. The molecular formula is C23H27FN4O2. The monoisotopic (exact) mass is 410 g/mol. The van der Waals surface area contributed by atoms with E-state index in [0.29, 0.717) is 23.7 Å². The third-order valence-electron chi connectivity index (χ3n) is 5.56. The number of hydrogen-bond acceptors (Lipinski definition) is 4. The van der Waals surface area contributed by atoms with Crippen LogP contribution < -0.4 is 10.6 Å². The number of carbonyl (C=O) groups excluding carboxylic acids is 1. The highest BCUT2D eigenvalue weighted by Gasteiger charge is 2.23. The molecule has 30 heavy (non-hydrogen) atoms. The largest absolute Gasteiger partial charge is 0.390 e. The van der Waals surface area contributed by atoms with E-state index in [4.69, 9.17) is 11.0 Å². The van der Waals surface area contributed by atoms with Crippen LogP contribution in [0.1, 0.15) is 24.0 Å². The zero-order chi connectivity index (χ0) is 21.5. The van der Waals surface area contributed by atoms with Crippen LogP contribution >= 0.6 is 0 Å². The smallest absolute Gasteiger partial charge is 0.319 e. The number of hydrogen-bond donors (Lipinski definition) is 2. The van der Waals surface area contributed by atoms with E-state index in [9.17, 15) is 14.3 Å². The molecule has 1 aliphatic rings. The van der Waals surface area contributed by atoms with Crippen molar-refractivity contribution in [3.63, 3.8) is 0 Å². The minimum absolute atomic E-state index is 0.0692. The Bertz CT molecular complexity index is 889. The molecule has 6 nitrogen and oxygen atoms in total. The minimum Gasteiger partial charge on any atom is -0.390 e. The molecule has 1 heterocycles. The Labute approximate surface area is 176 Å². The van der Waals surface area contributed by atoms with Gasteiger partial charge in [0.15, 0.2) is 0 Å². The molecule has 1 fully saturated rings. The van der Waals surface area contributed by atoms with E-state index in [1.807, 2.05) is 18.2 Å². The van der Waals surface area contributed by atoms with Crippen LogP contribution in [0.15, 0.2) is 48.5 Å². The number of urea groups is 1. The van der Waals surface area contributed by atoms with E-state index in [1.54, 1.807) is 24.3 Å². The predicted molar refractivity (Wildman–Crippen MR) is 113 cm³/mol. The molecule has 2 aromatic rings. The number of likely N-dealkylation sites (tertiary alicyclic amines) is 1. The lowest BCUT2D eigenvalue weighted by Crippen LogP contribution is -2.46. The second-order valence-corrected chi connectivity index (χ2v) is 7.84. The number of nitrogens with two attached hydrogens (primary N) is 1. The molecule has 2 aromatic carbocycles. The van der Waals surface area contributed by atoms with Crippen LogP contribution in [-0.2, 0) is 6.42 Å². The first-order valence-corrected chi connectivity index (χ1v) is 10.2. The molecule has 158 valence electrons. The van der Waals surface area contributed by atoms with Gasteiger partial charge in [-0.05, 0) is 74.2 Å². The van der Waals surface area contributed by atoms with Crippen LogP contribution in [0.4, 0.5) is 14.9 Å². The van der Waals surface area contributed by atoms with Gasteiger partial charge in [-0.3, -0.25) is 4.90 Å². The maximum absolute atomic E-state index is 13.0. The van der Waals surface area contributed by atoms with Gasteiger partial charge in [-0.2, -0.15) is 5.26 Å². The van der Waals surface area contributed by atoms with E-state index in [1.165, 1.54) is 17.0 Å². The number of rotatable bonds is 7. The number of benzene rings is 2. The first-order chi connectivity index (χ1) is 14.4. The zero-order valence-corrected chi connectivity index (χ0v) is 16.9. The molecule has 1 aliphatic heterocycles. The van der Waals surface area contributed by atoms with Gasteiger partial charge in [-0.15, -0.1) is 0 Å². The molecular weight excluding hydrogens is 383 g/mol. The molecule has 0 bridgehead atoms. The van der Waals surface area contributed by atoms with Crippen LogP contribution in [-0.4, -0.2) is 48.3 Å². The number of nitrogens with zero attached hydrogens (tertiary/aromatic N) is 3. The Morgan fingerprint density at radius 2 is 1.97 bits per heavy atom. The quantitative estimate of drug-likeness (QED) is 0.734. The number of β-amino-alcohol motifs (C(OH)–C–C–N with tert-alkyl or cyclic N) is 1. The Balaban J connectivity index is 1.49. The fourth-order valence-electron chi connectivity index (χ4n) is 3.96. The predicted octanol–water partition coefficient (Wildman–Crippen LogP) is 2.90. The zero-order valence-electron chi connectivity index (χ0n) is 16.9. The lowest BCUT2D eigenvalue weighted by Gasteiger charge is -2.34. The van der Waals surface area contributed by atoms with Gasteiger partial charge in [0.2, 0.25) is 0 Å². The van der Waals surface area contributed by atoms with Gasteiger partial charge in [-0.1, -0.05) is 18.2 Å². The van der Waals surface area contributed by atoms with Crippen molar-refractivity contribution in [2.45, 2.75) is 25.4 Å². The molecule has 7 heteroatoms. The van der Waals surface area contributed by atoms with Crippen LogP contribution in [0.5, 0.6) is 0 Å². The van der Waals surface area contributed by atoms with E-state index >= 15 is 0 Å². The summed E-state index contributed by atoms with van der Waals surface area (Å²) in [7, 11) is 0. The highest BCUT2D eigenvalue weighted by atomic mass is 19.1. The highest BCUT2D eigenvalue weighted by molar-refractivity contribution is 5.90. The Hall–Kier alpha value is -2.95. The number of amides is 2. The van der Waals surface area contributed by atoms with Crippen LogP contribution in [0.3, 0.4) is 0 Å². The number of anilines is 1. The summed E-state index contributed by atoms with van der Waals surface area (Å²) in [6, 6.07) is 14.6. The number of aliphatic hydroxyl groups is 1. The minimum atomic E-state index is -0.753. The molecule has 0 radical (unpaired) electrons. The first-order valence-electron chi connectivity index (χ1n) is 10.2. The fraction of sp³-hybridized carbons (Fsp3) is 0.391. The van der Waals surface area contributed by atoms with Crippen LogP contribution in [0.25, 0.3) is 0 Å². The Morgan fingerprint density at radius 3 is 2.60 bits per heavy atom. The van der Waals surface area contributed by atoms with Crippen molar-refractivity contribution in [3.05, 3.63) is 65.5 Å². The summed E-state index contributed by atoms with van der Waals surface area (Å²) in [5, 5.41) is 19.6. The standard InChI is InChI=1S/C23H27FN4O2/c24-20-6-4-17(5-7-20)12-18-8-10-27(11-9-18)15-22(29)16-28(23(26)30)21-3-1-2-19(13-21)14-25/h1-7,13,18,22,29H,8-12,15-16H2,(H2,26,30). The van der Waals surface area contributed by atoms with E-state index in [-0.39, 0.29) is 12.4 Å². The first kappa shape index (κ1) is 21.8. The molecule has 0 saturated carbocycles. The molecule has 3 N–H and O–H groups in total. The van der Waals surface area contributed by atoms with Crippen molar-refractivity contribution >= 4 is 11.7 Å². The molecule has 0 aliphatic carbocycles. The third kappa shape index (κ3) is 6.02. The van der Waals surface area contributed by atoms with Crippen molar-refractivity contribution < 1.29 is 14.3 Å². The topological polar surface area (TPSA) is 93.6 Å². The number of halogens is 1. The lowest BCUT2D eigenvalue weighted by molar-refractivity contribution is 0.0934. The summed E-state index contributed by atoms with van der Waals surface area (Å²) in [6.45, 7) is 2.25. The Morgan fingerprint density at radius 1 is 1.27 bits per heavy atom. The molecule has 1 unspecified atom stereocenters. The third-order valence-corrected chi connectivity index (χ3v) is 5.56. The average Bonchev–Trinajstić information content (AvgIpc) is 2.75. The van der Waals surface area contributed by atoms with E-state index < -0.39 is 12.1 Å². The summed E-state index contributed by atoms with van der Waals surface area (Å²) in [5.41, 5.74) is 7.57. The van der Waals surface area contributed by atoms with E-state index in [0.717, 1.165) is 37.9 Å². The van der Waals surface area contributed by atoms with Crippen molar-refractivity contribution in [2.75, 3.05) is 31.1 Å². The van der Waals surface area contributed by atoms with Crippen LogP contribution in [0.2, 0.25) is 0 Å². The van der Waals surface area contributed by atoms with Gasteiger partial charge < -0.3 is 15.7 Å². The van der Waals surface area contributed by atoms with Gasteiger partial charge >= 0.3 is 6.03 Å².